The number of hydrogen-bond acceptors (Lipinski definition) is 3. The molecule has 1 aromatic rings. The van der Waals surface area contributed by atoms with Crippen LogP contribution in [0, 0.1) is 6.92 Å². The second-order valence-electron chi connectivity index (χ2n) is 5.05. The van der Waals surface area contributed by atoms with E-state index < -0.39 is 5.91 Å². The Hall–Kier alpha value is -1.52. The Morgan fingerprint density at radius 1 is 1.16 bits per heavy atom. The van der Waals surface area contributed by atoms with Crippen LogP contribution in [0.4, 0.5) is 5.82 Å². The molecule has 0 atom stereocenters. The van der Waals surface area contributed by atoms with Crippen LogP contribution >= 0.6 is 0 Å². The van der Waals surface area contributed by atoms with Crippen LogP contribution < -0.4 is 11.5 Å². The van der Waals surface area contributed by atoms with E-state index in [4.69, 9.17) is 11.5 Å². The van der Waals surface area contributed by atoms with Crippen LogP contribution in [0.15, 0.2) is 0 Å². The normalized spacial score (nSPS) is 10.8. The van der Waals surface area contributed by atoms with Gasteiger partial charge in [0.2, 0.25) is 0 Å². The molecule has 0 saturated carbocycles. The van der Waals surface area contributed by atoms with Gasteiger partial charge in [-0.3, -0.25) is 4.79 Å². The van der Waals surface area contributed by atoms with Gasteiger partial charge in [0.15, 0.2) is 0 Å². The first kappa shape index (κ1) is 15.5. The molecule has 0 bridgehead atoms. The number of anilines is 1. The second-order valence-corrected chi connectivity index (χ2v) is 5.05. The molecular weight excluding hydrogens is 240 g/mol. The number of primary amides is 1. The number of aryl methyl sites for hydroxylation is 2. The molecule has 0 radical (unpaired) electrons. The molecule has 0 spiro atoms. The Labute approximate surface area is 115 Å². The lowest BCUT2D eigenvalue weighted by Gasteiger charge is -2.04. The zero-order chi connectivity index (χ0) is 14.3. The van der Waals surface area contributed by atoms with E-state index in [0.29, 0.717) is 17.1 Å². The van der Waals surface area contributed by atoms with Crippen molar-refractivity contribution in [3.8, 4) is 0 Å². The molecule has 0 aromatic carbocycles. The lowest BCUT2D eigenvalue weighted by molar-refractivity contribution is 0.100. The highest BCUT2D eigenvalue weighted by Crippen LogP contribution is 2.16. The maximum Gasteiger partial charge on any atom is 0.254 e. The van der Waals surface area contributed by atoms with E-state index in [0.717, 1.165) is 13.0 Å². The molecular formula is C14H26N4O. The number of carbonyl (C=O) groups is 1. The standard InChI is InChI=1S/C14H26N4O/c1-3-4-5-6-7-8-9-10-18-13(15)12(14(16)19)11(2)17-18/h3-10,15H2,1-2H3,(H2,16,19). The third-order valence-corrected chi connectivity index (χ3v) is 3.39. The zero-order valence-corrected chi connectivity index (χ0v) is 12.1. The monoisotopic (exact) mass is 266 g/mol. The third kappa shape index (κ3) is 4.58. The molecule has 108 valence electrons. The highest BCUT2D eigenvalue weighted by Gasteiger charge is 2.16. The topological polar surface area (TPSA) is 86.9 Å². The minimum Gasteiger partial charge on any atom is -0.383 e. The molecule has 1 aromatic heterocycles. The molecule has 1 rings (SSSR count). The Bertz CT molecular complexity index is 412. The van der Waals surface area contributed by atoms with Crippen LogP contribution in [0.2, 0.25) is 0 Å². The number of aromatic nitrogens is 2. The fraction of sp³-hybridized carbons (Fsp3) is 0.714. The Morgan fingerprint density at radius 3 is 2.26 bits per heavy atom. The number of rotatable bonds is 9. The van der Waals surface area contributed by atoms with E-state index >= 15 is 0 Å². The molecule has 0 aliphatic rings. The smallest absolute Gasteiger partial charge is 0.254 e. The van der Waals surface area contributed by atoms with E-state index in [1.54, 1.807) is 11.6 Å². The number of nitrogen functional groups attached to an aromatic ring is 1. The summed E-state index contributed by atoms with van der Waals surface area (Å²) in [6, 6.07) is 0. The van der Waals surface area contributed by atoms with Gasteiger partial charge in [0.1, 0.15) is 11.4 Å². The number of hydrogen-bond donors (Lipinski definition) is 2. The summed E-state index contributed by atoms with van der Waals surface area (Å²) in [5.41, 5.74) is 12.1. The summed E-state index contributed by atoms with van der Waals surface area (Å²) < 4.78 is 1.70. The van der Waals surface area contributed by atoms with Crippen molar-refractivity contribution in [3.05, 3.63) is 11.3 Å². The maximum atomic E-state index is 11.2. The third-order valence-electron chi connectivity index (χ3n) is 3.39. The fourth-order valence-electron chi connectivity index (χ4n) is 2.29. The van der Waals surface area contributed by atoms with Crippen molar-refractivity contribution in [3.63, 3.8) is 0 Å². The molecule has 5 heteroatoms. The SMILES string of the molecule is CCCCCCCCCn1nc(C)c(C(N)=O)c1N. The average molecular weight is 266 g/mol. The first-order valence-corrected chi connectivity index (χ1v) is 7.20. The average Bonchev–Trinajstić information content (AvgIpc) is 2.63. The van der Waals surface area contributed by atoms with Gasteiger partial charge in [-0.25, -0.2) is 4.68 Å². The largest absolute Gasteiger partial charge is 0.383 e. The minimum absolute atomic E-state index is 0.364. The van der Waals surface area contributed by atoms with E-state index in [1.165, 1.54) is 38.5 Å². The quantitative estimate of drug-likeness (QED) is 0.673. The predicted molar refractivity (Wildman–Crippen MR) is 77.9 cm³/mol. The molecule has 4 N–H and O–H groups in total. The molecule has 0 fully saturated rings. The van der Waals surface area contributed by atoms with E-state index in [9.17, 15) is 4.79 Å². The summed E-state index contributed by atoms with van der Waals surface area (Å²) in [7, 11) is 0. The van der Waals surface area contributed by atoms with Gasteiger partial charge in [-0.1, -0.05) is 45.4 Å². The van der Waals surface area contributed by atoms with Crippen molar-refractivity contribution in [2.75, 3.05) is 5.73 Å². The molecule has 0 saturated heterocycles. The molecule has 0 aliphatic carbocycles. The number of carbonyl (C=O) groups excluding carboxylic acids is 1. The lowest BCUT2D eigenvalue weighted by Crippen LogP contribution is -2.14. The van der Waals surface area contributed by atoms with Gasteiger partial charge in [0.05, 0.1) is 5.69 Å². The molecule has 1 heterocycles. The van der Waals surface area contributed by atoms with Gasteiger partial charge in [-0.05, 0) is 13.3 Å². The van der Waals surface area contributed by atoms with Crippen molar-refractivity contribution >= 4 is 11.7 Å². The Kier molecular flexibility index (Phi) is 6.39. The highest BCUT2D eigenvalue weighted by molar-refractivity contribution is 5.98. The van der Waals surface area contributed by atoms with Gasteiger partial charge < -0.3 is 11.5 Å². The van der Waals surface area contributed by atoms with Gasteiger partial charge in [-0.2, -0.15) is 5.10 Å². The van der Waals surface area contributed by atoms with E-state index in [1.807, 2.05) is 0 Å². The molecule has 1 amide bonds. The van der Waals surface area contributed by atoms with Gasteiger partial charge >= 0.3 is 0 Å². The second kappa shape index (κ2) is 7.81. The number of nitrogens with zero attached hydrogens (tertiary/aromatic N) is 2. The molecule has 19 heavy (non-hydrogen) atoms. The van der Waals surface area contributed by atoms with Crippen LogP contribution in [0.3, 0.4) is 0 Å². The van der Waals surface area contributed by atoms with Crippen molar-refractivity contribution in [1.29, 1.82) is 0 Å². The first-order valence-electron chi connectivity index (χ1n) is 7.20. The number of amides is 1. The molecule has 5 nitrogen and oxygen atoms in total. The van der Waals surface area contributed by atoms with Crippen molar-refractivity contribution < 1.29 is 4.79 Å². The van der Waals surface area contributed by atoms with Crippen molar-refractivity contribution in [2.45, 2.75) is 65.3 Å². The van der Waals surface area contributed by atoms with Crippen LogP contribution in [0.1, 0.15) is 67.9 Å². The Balaban J connectivity index is 2.34. The van der Waals surface area contributed by atoms with Crippen LogP contribution in [-0.2, 0) is 6.54 Å². The summed E-state index contributed by atoms with van der Waals surface area (Å²) in [5, 5.41) is 4.27. The van der Waals surface area contributed by atoms with Crippen LogP contribution in [-0.4, -0.2) is 15.7 Å². The van der Waals surface area contributed by atoms with Gasteiger partial charge in [0, 0.05) is 6.54 Å². The summed E-state index contributed by atoms with van der Waals surface area (Å²) in [5.74, 6) is -0.100. The summed E-state index contributed by atoms with van der Waals surface area (Å²) in [6.07, 6.45) is 8.69. The fourth-order valence-corrected chi connectivity index (χ4v) is 2.29. The van der Waals surface area contributed by atoms with Gasteiger partial charge in [0.25, 0.3) is 5.91 Å². The van der Waals surface area contributed by atoms with Crippen LogP contribution in [0.5, 0.6) is 0 Å². The maximum absolute atomic E-state index is 11.2. The predicted octanol–water partition coefficient (Wildman–Crippen LogP) is 2.62. The van der Waals surface area contributed by atoms with Gasteiger partial charge in [-0.15, -0.1) is 0 Å². The summed E-state index contributed by atoms with van der Waals surface area (Å²) in [4.78, 5) is 11.2. The minimum atomic E-state index is -0.499. The Morgan fingerprint density at radius 2 is 1.74 bits per heavy atom. The van der Waals surface area contributed by atoms with Crippen molar-refractivity contribution in [2.24, 2.45) is 5.73 Å². The van der Waals surface area contributed by atoms with Crippen molar-refractivity contribution in [1.82, 2.24) is 9.78 Å². The van der Waals surface area contributed by atoms with E-state index in [2.05, 4.69) is 12.0 Å². The zero-order valence-electron chi connectivity index (χ0n) is 12.1. The highest BCUT2D eigenvalue weighted by atomic mass is 16.1. The summed E-state index contributed by atoms with van der Waals surface area (Å²) >= 11 is 0. The number of unbranched alkanes of at least 4 members (excludes halogenated alkanes) is 6. The molecule has 0 unspecified atom stereocenters. The first-order chi connectivity index (χ1) is 9.07. The number of nitrogens with two attached hydrogens (primary N) is 2. The lowest BCUT2D eigenvalue weighted by atomic mass is 10.1. The van der Waals surface area contributed by atoms with Crippen LogP contribution in [0.25, 0.3) is 0 Å². The molecule has 0 aliphatic heterocycles. The summed E-state index contributed by atoms with van der Waals surface area (Å²) in [6.45, 7) is 4.74. The van der Waals surface area contributed by atoms with E-state index in [-0.39, 0.29) is 0 Å².